The third-order valence-corrected chi connectivity index (χ3v) is 2.58. The highest BCUT2D eigenvalue weighted by Crippen LogP contribution is 2.17. The zero-order valence-corrected chi connectivity index (χ0v) is 9.70. The van der Waals surface area contributed by atoms with E-state index in [1.54, 1.807) is 0 Å². The quantitative estimate of drug-likeness (QED) is 0.845. The minimum absolute atomic E-state index is 0.708. The molecule has 1 aliphatic rings. The van der Waals surface area contributed by atoms with Gasteiger partial charge >= 0.3 is 0 Å². The maximum atomic E-state index is 5.39. The number of ether oxygens (including phenoxy) is 1. The molecule has 1 aliphatic heterocycles. The van der Waals surface area contributed by atoms with Gasteiger partial charge in [0.05, 0.1) is 6.61 Å². The van der Waals surface area contributed by atoms with Gasteiger partial charge < -0.3 is 10.1 Å². The molecule has 1 aromatic carbocycles. The van der Waals surface area contributed by atoms with E-state index >= 15 is 0 Å². The summed E-state index contributed by atoms with van der Waals surface area (Å²) < 4.78 is 5.39. The first-order chi connectivity index (χ1) is 7.88. The second-order valence-electron chi connectivity index (χ2n) is 3.87. The highest BCUT2D eigenvalue weighted by atomic mass is 16.5. The molecule has 0 aliphatic carbocycles. The Morgan fingerprint density at radius 2 is 2.06 bits per heavy atom. The van der Waals surface area contributed by atoms with E-state index in [0.29, 0.717) is 6.61 Å². The van der Waals surface area contributed by atoms with Crippen LogP contribution in [-0.2, 0) is 0 Å². The number of hydrogen-bond acceptors (Lipinski definition) is 3. The first-order valence-electron chi connectivity index (χ1n) is 5.91. The Kier molecular flexibility index (Phi) is 3.81. The van der Waals surface area contributed by atoms with Crippen molar-refractivity contribution >= 4 is 11.5 Å². The lowest BCUT2D eigenvalue weighted by Gasteiger charge is -2.14. The summed E-state index contributed by atoms with van der Waals surface area (Å²) in [4.78, 5) is 4.46. The molecule has 0 fully saturated rings. The summed E-state index contributed by atoms with van der Waals surface area (Å²) in [6.45, 7) is 3.65. The van der Waals surface area contributed by atoms with Gasteiger partial charge in [0.1, 0.15) is 11.6 Å². The molecule has 16 heavy (non-hydrogen) atoms. The third-order valence-electron chi connectivity index (χ3n) is 2.58. The zero-order chi connectivity index (χ0) is 11.2. The van der Waals surface area contributed by atoms with Crippen LogP contribution in [0.25, 0.3) is 0 Å². The highest BCUT2D eigenvalue weighted by Gasteiger charge is 2.04. The Labute approximate surface area is 96.5 Å². The van der Waals surface area contributed by atoms with Crippen LogP contribution in [0, 0.1) is 0 Å². The molecule has 0 saturated carbocycles. The van der Waals surface area contributed by atoms with Crippen LogP contribution in [0.2, 0.25) is 0 Å². The lowest BCUT2D eigenvalue weighted by atomic mass is 10.2. The summed E-state index contributed by atoms with van der Waals surface area (Å²) >= 11 is 0. The molecule has 0 radical (unpaired) electrons. The lowest BCUT2D eigenvalue weighted by molar-refractivity contribution is 0.340. The van der Waals surface area contributed by atoms with Gasteiger partial charge in [-0.2, -0.15) is 0 Å². The smallest absolute Gasteiger partial charge is 0.119 e. The molecule has 0 unspecified atom stereocenters. The lowest BCUT2D eigenvalue weighted by Crippen LogP contribution is -2.15. The van der Waals surface area contributed by atoms with Crippen LogP contribution < -0.4 is 10.1 Å². The summed E-state index contributed by atoms with van der Waals surface area (Å²) in [5.74, 6) is 2.02. The maximum absolute atomic E-state index is 5.39. The summed E-state index contributed by atoms with van der Waals surface area (Å²) in [6.07, 6.45) is 3.52. The largest absolute Gasteiger partial charge is 0.494 e. The fraction of sp³-hybridized carbons (Fsp3) is 0.462. The highest BCUT2D eigenvalue weighted by molar-refractivity contribution is 5.95. The Morgan fingerprint density at radius 1 is 1.25 bits per heavy atom. The molecule has 86 valence electrons. The summed E-state index contributed by atoms with van der Waals surface area (Å²) in [7, 11) is 0. The molecule has 0 atom stereocenters. The van der Waals surface area contributed by atoms with Crippen molar-refractivity contribution in [2.45, 2.75) is 26.2 Å². The molecule has 0 bridgehead atoms. The Hall–Kier alpha value is -1.51. The third kappa shape index (κ3) is 2.99. The molecule has 1 N–H and O–H groups in total. The van der Waals surface area contributed by atoms with E-state index in [0.717, 1.165) is 30.2 Å². The number of hydrogen-bond donors (Lipinski definition) is 1. The van der Waals surface area contributed by atoms with Crippen molar-refractivity contribution < 1.29 is 4.74 Å². The van der Waals surface area contributed by atoms with Crippen LogP contribution in [-0.4, -0.2) is 19.0 Å². The van der Waals surface area contributed by atoms with E-state index < -0.39 is 0 Å². The minimum Gasteiger partial charge on any atom is -0.494 e. The molecule has 0 amide bonds. The normalized spacial score (nSPS) is 15.4. The van der Waals surface area contributed by atoms with Gasteiger partial charge in [0.2, 0.25) is 0 Å². The first-order valence-corrected chi connectivity index (χ1v) is 5.91. The fourth-order valence-corrected chi connectivity index (χ4v) is 1.77. The van der Waals surface area contributed by atoms with Crippen molar-refractivity contribution in [3.05, 3.63) is 24.3 Å². The second-order valence-corrected chi connectivity index (χ2v) is 3.87. The van der Waals surface area contributed by atoms with Crippen LogP contribution in [0.3, 0.4) is 0 Å². The molecule has 1 aromatic rings. The molecule has 0 spiro atoms. The van der Waals surface area contributed by atoms with Crippen LogP contribution in [0.4, 0.5) is 5.69 Å². The van der Waals surface area contributed by atoms with E-state index in [2.05, 4.69) is 10.3 Å². The molecule has 1 heterocycles. The molecule has 3 nitrogen and oxygen atoms in total. The van der Waals surface area contributed by atoms with E-state index in [1.165, 1.54) is 12.8 Å². The Bertz CT molecular complexity index is 357. The van der Waals surface area contributed by atoms with Crippen molar-refractivity contribution in [3.8, 4) is 5.75 Å². The van der Waals surface area contributed by atoms with Gasteiger partial charge in [-0.1, -0.05) is 0 Å². The average molecular weight is 218 g/mol. The number of amidine groups is 1. The number of nitrogens with one attached hydrogen (secondary N) is 1. The van der Waals surface area contributed by atoms with Crippen molar-refractivity contribution in [3.63, 3.8) is 0 Å². The molecule has 2 rings (SSSR count). The predicted octanol–water partition coefficient (Wildman–Crippen LogP) is 3.08. The maximum Gasteiger partial charge on any atom is 0.119 e. The van der Waals surface area contributed by atoms with Crippen LogP contribution in [0.1, 0.15) is 26.2 Å². The standard InChI is InChI=1S/C13H18N2O/c1-2-16-12-8-6-11(7-9-12)15-13-5-3-4-10-14-13/h6-9H,2-5,10H2,1H3,(H,14,15). The van der Waals surface area contributed by atoms with Gasteiger partial charge in [-0.15, -0.1) is 0 Å². The van der Waals surface area contributed by atoms with Crippen LogP contribution >= 0.6 is 0 Å². The second kappa shape index (κ2) is 5.54. The van der Waals surface area contributed by atoms with Crippen molar-refractivity contribution in [2.75, 3.05) is 18.5 Å². The average Bonchev–Trinajstić information content (AvgIpc) is 2.33. The summed E-state index contributed by atoms with van der Waals surface area (Å²) in [6, 6.07) is 8.02. The van der Waals surface area contributed by atoms with Gasteiger partial charge in [0, 0.05) is 18.7 Å². The van der Waals surface area contributed by atoms with E-state index in [1.807, 2.05) is 31.2 Å². The number of aliphatic imine (C=N–C) groups is 1. The van der Waals surface area contributed by atoms with Gasteiger partial charge in [-0.25, -0.2) is 0 Å². The SMILES string of the molecule is CCOc1ccc(NC2=NCCCC2)cc1. The zero-order valence-electron chi connectivity index (χ0n) is 9.70. The van der Waals surface area contributed by atoms with Crippen molar-refractivity contribution in [1.29, 1.82) is 0 Å². The number of nitrogens with zero attached hydrogens (tertiary/aromatic N) is 1. The topological polar surface area (TPSA) is 33.6 Å². The van der Waals surface area contributed by atoms with Crippen molar-refractivity contribution in [2.24, 2.45) is 4.99 Å². The molecular weight excluding hydrogens is 200 g/mol. The molecular formula is C13H18N2O. The molecule has 3 heteroatoms. The summed E-state index contributed by atoms with van der Waals surface area (Å²) in [5, 5.41) is 3.34. The number of rotatable bonds is 3. The minimum atomic E-state index is 0.708. The van der Waals surface area contributed by atoms with Crippen LogP contribution in [0.15, 0.2) is 29.3 Å². The monoisotopic (exact) mass is 218 g/mol. The van der Waals surface area contributed by atoms with Crippen molar-refractivity contribution in [1.82, 2.24) is 0 Å². The van der Waals surface area contributed by atoms with E-state index in [-0.39, 0.29) is 0 Å². The molecule has 0 saturated heterocycles. The van der Waals surface area contributed by atoms with Gasteiger partial charge in [-0.05, 0) is 44.0 Å². The fourth-order valence-electron chi connectivity index (χ4n) is 1.77. The Balaban J connectivity index is 1.96. The Morgan fingerprint density at radius 3 is 2.69 bits per heavy atom. The number of anilines is 1. The predicted molar refractivity (Wildman–Crippen MR) is 67.4 cm³/mol. The van der Waals surface area contributed by atoms with E-state index in [4.69, 9.17) is 4.74 Å². The van der Waals surface area contributed by atoms with Gasteiger partial charge in [0.25, 0.3) is 0 Å². The van der Waals surface area contributed by atoms with Gasteiger partial charge in [-0.3, -0.25) is 4.99 Å². The first kappa shape index (κ1) is 11.0. The van der Waals surface area contributed by atoms with E-state index in [9.17, 15) is 0 Å². The van der Waals surface area contributed by atoms with Crippen LogP contribution in [0.5, 0.6) is 5.75 Å². The summed E-state index contributed by atoms with van der Waals surface area (Å²) in [5.41, 5.74) is 1.09. The van der Waals surface area contributed by atoms with Gasteiger partial charge in [0.15, 0.2) is 0 Å². The number of benzene rings is 1. The molecule has 0 aromatic heterocycles.